The molecule has 4 nitrogen and oxygen atoms in total. The number of methoxy groups -OCH3 is 1. The number of esters is 1. The first-order chi connectivity index (χ1) is 6.65. The van der Waals surface area contributed by atoms with Crippen LogP contribution in [-0.4, -0.2) is 24.2 Å². The van der Waals surface area contributed by atoms with Gasteiger partial charge in [0.2, 0.25) is 0 Å². The highest BCUT2D eigenvalue weighted by atomic mass is 32.1. The summed E-state index contributed by atoms with van der Waals surface area (Å²) in [5.74, 6) is -2.83. The Morgan fingerprint density at radius 2 is 2.21 bits per heavy atom. The van der Waals surface area contributed by atoms with Crippen LogP contribution in [0.2, 0.25) is 0 Å². The summed E-state index contributed by atoms with van der Waals surface area (Å²) in [7, 11) is 1.27. The van der Waals surface area contributed by atoms with E-state index in [0.717, 1.165) is 10.4 Å². The molecule has 0 aromatic carbocycles. The van der Waals surface area contributed by atoms with E-state index in [9.17, 15) is 9.59 Å². The van der Waals surface area contributed by atoms with Gasteiger partial charge < -0.3 is 9.84 Å². The average molecular weight is 212 g/mol. The first-order valence-electron chi connectivity index (χ1n) is 4.04. The lowest BCUT2D eigenvalue weighted by Crippen LogP contribution is -2.24. The number of ether oxygens (including phenoxy) is 1. The van der Waals surface area contributed by atoms with E-state index in [2.05, 4.69) is 4.74 Å². The van der Waals surface area contributed by atoms with Crippen molar-refractivity contribution in [3.63, 3.8) is 0 Å². The van der Waals surface area contributed by atoms with E-state index in [4.69, 9.17) is 5.11 Å². The number of hydrogen-bond acceptors (Lipinski definition) is 4. The highest BCUT2D eigenvalue weighted by Gasteiger charge is 2.43. The van der Waals surface area contributed by atoms with E-state index in [-0.39, 0.29) is 0 Å². The highest BCUT2D eigenvalue weighted by molar-refractivity contribution is 7.10. The van der Waals surface area contributed by atoms with Crippen molar-refractivity contribution in [3.8, 4) is 0 Å². The molecular weight excluding hydrogens is 204 g/mol. The van der Waals surface area contributed by atoms with E-state index < -0.39 is 23.8 Å². The Hall–Kier alpha value is -1.36. The fourth-order valence-electron chi connectivity index (χ4n) is 1.71. The van der Waals surface area contributed by atoms with Gasteiger partial charge in [-0.2, -0.15) is 0 Å². The SMILES string of the molecule is COC(=O)C1c2csc(c2)C1C(=O)O. The van der Waals surface area contributed by atoms with Crippen LogP contribution in [0.25, 0.3) is 0 Å². The molecule has 2 unspecified atom stereocenters. The number of fused-ring (bicyclic) bond motifs is 2. The topological polar surface area (TPSA) is 63.6 Å². The van der Waals surface area contributed by atoms with Crippen molar-refractivity contribution in [1.29, 1.82) is 0 Å². The maximum atomic E-state index is 11.3. The van der Waals surface area contributed by atoms with Crippen LogP contribution in [0.5, 0.6) is 0 Å². The standard InChI is InChI=1S/C9H8O4S/c1-13-9(12)6-4-2-5(14-3-4)7(6)8(10)11/h2-3,6-7H,1H3,(H,10,11). The second-order valence-electron chi connectivity index (χ2n) is 3.10. The fraction of sp³-hybridized carbons (Fsp3) is 0.333. The molecule has 1 aromatic rings. The average Bonchev–Trinajstić information content (AvgIpc) is 2.74. The maximum Gasteiger partial charge on any atom is 0.314 e. The van der Waals surface area contributed by atoms with Gasteiger partial charge in [-0.25, -0.2) is 0 Å². The second-order valence-corrected chi connectivity index (χ2v) is 4.04. The molecule has 74 valence electrons. The van der Waals surface area contributed by atoms with Gasteiger partial charge in [-0.1, -0.05) is 0 Å². The molecule has 0 spiro atoms. The van der Waals surface area contributed by atoms with Crippen LogP contribution in [0.3, 0.4) is 0 Å². The largest absolute Gasteiger partial charge is 0.481 e. The van der Waals surface area contributed by atoms with Gasteiger partial charge in [-0.05, 0) is 17.0 Å². The van der Waals surface area contributed by atoms with E-state index >= 15 is 0 Å². The van der Waals surface area contributed by atoms with E-state index in [0.29, 0.717) is 0 Å². The molecule has 1 N–H and O–H groups in total. The number of carboxylic acids is 1. The van der Waals surface area contributed by atoms with Gasteiger partial charge in [0.15, 0.2) is 0 Å². The third kappa shape index (κ3) is 1.13. The zero-order valence-corrected chi connectivity index (χ0v) is 8.21. The van der Waals surface area contributed by atoms with Gasteiger partial charge in [-0.15, -0.1) is 11.3 Å². The van der Waals surface area contributed by atoms with E-state index in [1.165, 1.54) is 18.4 Å². The van der Waals surface area contributed by atoms with Crippen molar-refractivity contribution in [2.45, 2.75) is 11.8 Å². The molecule has 0 radical (unpaired) electrons. The number of rotatable bonds is 2. The van der Waals surface area contributed by atoms with Crippen LogP contribution in [0.15, 0.2) is 11.4 Å². The van der Waals surface area contributed by atoms with Crippen LogP contribution in [0, 0.1) is 0 Å². The lowest BCUT2D eigenvalue weighted by molar-refractivity contribution is -0.148. The number of hydrogen-bond donors (Lipinski definition) is 1. The van der Waals surface area contributed by atoms with Crippen LogP contribution in [-0.2, 0) is 14.3 Å². The van der Waals surface area contributed by atoms with Crippen molar-refractivity contribution in [2.24, 2.45) is 0 Å². The van der Waals surface area contributed by atoms with Crippen LogP contribution in [0.1, 0.15) is 22.3 Å². The zero-order valence-electron chi connectivity index (χ0n) is 7.39. The molecule has 2 rings (SSSR count). The third-order valence-electron chi connectivity index (χ3n) is 2.36. The molecule has 0 aliphatic heterocycles. The van der Waals surface area contributed by atoms with E-state index in [1.807, 2.05) is 0 Å². The van der Waals surface area contributed by atoms with Gasteiger partial charge >= 0.3 is 11.9 Å². The zero-order chi connectivity index (χ0) is 10.3. The highest BCUT2D eigenvalue weighted by Crippen LogP contribution is 2.45. The normalized spacial score (nSPS) is 23.5. The number of thiophene rings is 1. The van der Waals surface area contributed by atoms with Crippen LogP contribution >= 0.6 is 11.3 Å². The van der Waals surface area contributed by atoms with Gasteiger partial charge in [0.25, 0.3) is 0 Å². The summed E-state index contributed by atoms with van der Waals surface area (Å²) in [6.45, 7) is 0. The van der Waals surface area contributed by atoms with Crippen molar-refractivity contribution in [1.82, 2.24) is 0 Å². The minimum Gasteiger partial charge on any atom is -0.481 e. The molecule has 0 saturated carbocycles. The molecule has 0 saturated heterocycles. The molecule has 0 amide bonds. The van der Waals surface area contributed by atoms with Crippen molar-refractivity contribution >= 4 is 23.3 Å². The summed E-state index contributed by atoms with van der Waals surface area (Å²) < 4.78 is 4.58. The molecule has 1 aromatic heterocycles. The first-order valence-corrected chi connectivity index (χ1v) is 4.92. The summed E-state index contributed by atoms with van der Waals surface area (Å²) >= 11 is 1.37. The maximum absolute atomic E-state index is 11.3. The summed E-state index contributed by atoms with van der Waals surface area (Å²) in [6.07, 6.45) is 0. The Morgan fingerprint density at radius 1 is 1.50 bits per heavy atom. The lowest BCUT2D eigenvalue weighted by Gasteiger charge is -2.16. The molecule has 1 aliphatic rings. The summed E-state index contributed by atoms with van der Waals surface area (Å²) in [4.78, 5) is 23.0. The minimum absolute atomic E-state index is 0.477. The summed E-state index contributed by atoms with van der Waals surface area (Å²) in [6, 6.07) is 1.76. The van der Waals surface area contributed by atoms with Crippen molar-refractivity contribution in [2.75, 3.05) is 7.11 Å². The second kappa shape index (κ2) is 3.09. The molecule has 1 aliphatic carbocycles. The molecule has 1 heterocycles. The lowest BCUT2D eigenvalue weighted by atomic mass is 9.93. The van der Waals surface area contributed by atoms with Crippen LogP contribution in [0.4, 0.5) is 0 Å². The Morgan fingerprint density at radius 3 is 2.79 bits per heavy atom. The predicted molar refractivity (Wildman–Crippen MR) is 49.5 cm³/mol. The fourth-order valence-corrected chi connectivity index (χ4v) is 2.79. The monoisotopic (exact) mass is 212 g/mol. The molecule has 0 fully saturated rings. The minimum atomic E-state index is -0.970. The molecule has 5 heteroatoms. The molecular formula is C9H8O4S. The molecule has 14 heavy (non-hydrogen) atoms. The number of carbonyl (C=O) groups excluding carboxylic acids is 1. The van der Waals surface area contributed by atoms with Gasteiger partial charge in [0.05, 0.1) is 7.11 Å². The smallest absolute Gasteiger partial charge is 0.314 e. The first kappa shape index (κ1) is 9.21. The Labute approximate surface area is 84.1 Å². The number of carbonyl (C=O) groups is 2. The third-order valence-corrected chi connectivity index (χ3v) is 3.39. The van der Waals surface area contributed by atoms with Crippen LogP contribution < -0.4 is 0 Å². The predicted octanol–water partition coefficient (Wildman–Crippen LogP) is 1.19. The summed E-state index contributed by atoms with van der Waals surface area (Å²) in [5.41, 5.74) is 0.754. The number of aliphatic carboxylic acids is 1. The molecule has 2 bridgehead atoms. The van der Waals surface area contributed by atoms with Gasteiger partial charge in [0, 0.05) is 4.88 Å². The van der Waals surface area contributed by atoms with Gasteiger partial charge in [-0.3, -0.25) is 9.59 Å². The van der Waals surface area contributed by atoms with Gasteiger partial charge in [0.1, 0.15) is 11.8 Å². The Balaban J connectivity index is 2.37. The quantitative estimate of drug-likeness (QED) is 0.748. The summed E-state index contributed by atoms with van der Waals surface area (Å²) in [5, 5.41) is 10.8. The van der Waals surface area contributed by atoms with Crippen molar-refractivity contribution < 1.29 is 19.4 Å². The van der Waals surface area contributed by atoms with E-state index in [1.54, 1.807) is 11.4 Å². The van der Waals surface area contributed by atoms with Crippen molar-refractivity contribution in [3.05, 3.63) is 21.9 Å². The Kier molecular flexibility index (Phi) is 2.03. The molecule has 2 atom stereocenters. The Bertz CT molecular complexity index is 395. The number of carboxylic acid groups (broad SMARTS) is 1.